The Morgan fingerprint density at radius 1 is 1.24 bits per heavy atom. The molecule has 0 unspecified atom stereocenters. The van der Waals surface area contributed by atoms with E-state index >= 15 is 0 Å². The fourth-order valence-corrected chi connectivity index (χ4v) is 2.08. The maximum Gasteiger partial charge on any atom is 0.230 e. The second-order valence-corrected chi connectivity index (χ2v) is 4.15. The van der Waals surface area contributed by atoms with Gasteiger partial charge < -0.3 is 15.0 Å². The molecule has 0 saturated carbocycles. The van der Waals surface area contributed by atoms with Crippen molar-refractivity contribution in [2.75, 3.05) is 12.8 Å². The van der Waals surface area contributed by atoms with Gasteiger partial charge in [-0.15, -0.1) is 0 Å². The quantitative estimate of drug-likeness (QED) is 0.864. The van der Waals surface area contributed by atoms with E-state index in [4.69, 9.17) is 15.0 Å². The number of anilines is 1. The Labute approximate surface area is 100 Å². The minimum absolute atomic E-state index is 0.314. The third-order valence-corrected chi connectivity index (χ3v) is 3.06. The van der Waals surface area contributed by atoms with Gasteiger partial charge in [-0.1, -0.05) is 11.2 Å². The van der Waals surface area contributed by atoms with Crippen molar-refractivity contribution in [2.45, 2.75) is 20.8 Å². The molecule has 0 spiro atoms. The fraction of sp³-hybridized carbons (Fsp3) is 0.308. The Morgan fingerprint density at radius 3 is 2.47 bits per heavy atom. The summed E-state index contributed by atoms with van der Waals surface area (Å²) in [6, 6.07) is 2.11. The molecule has 0 aliphatic rings. The van der Waals surface area contributed by atoms with Gasteiger partial charge in [0.15, 0.2) is 0 Å². The summed E-state index contributed by atoms with van der Waals surface area (Å²) in [6.45, 7) is 6.11. The Bertz CT molecular complexity index is 559. The van der Waals surface area contributed by atoms with Gasteiger partial charge in [-0.25, -0.2) is 0 Å². The fourth-order valence-electron chi connectivity index (χ4n) is 2.08. The van der Waals surface area contributed by atoms with Crippen molar-refractivity contribution < 1.29 is 9.26 Å². The first-order chi connectivity index (χ1) is 8.06. The van der Waals surface area contributed by atoms with Crippen LogP contribution in [0, 0.1) is 20.8 Å². The Hall–Kier alpha value is -1.97. The Morgan fingerprint density at radius 2 is 1.94 bits per heavy atom. The third kappa shape index (κ3) is 1.75. The predicted octanol–water partition coefficient (Wildman–Crippen LogP) is 2.86. The van der Waals surface area contributed by atoms with E-state index in [1.54, 1.807) is 13.3 Å². The van der Waals surface area contributed by atoms with Crippen LogP contribution in [-0.4, -0.2) is 12.3 Å². The van der Waals surface area contributed by atoms with Crippen molar-refractivity contribution >= 4 is 5.88 Å². The monoisotopic (exact) mass is 232 g/mol. The molecule has 17 heavy (non-hydrogen) atoms. The van der Waals surface area contributed by atoms with Crippen LogP contribution < -0.4 is 10.5 Å². The van der Waals surface area contributed by atoms with Gasteiger partial charge in [0.25, 0.3) is 0 Å². The highest BCUT2D eigenvalue weighted by Crippen LogP contribution is 2.39. The summed E-state index contributed by atoms with van der Waals surface area (Å²) in [6.07, 6.45) is 1.62. The molecule has 2 aromatic rings. The molecule has 1 heterocycles. The van der Waals surface area contributed by atoms with Crippen LogP contribution in [0.3, 0.4) is 0 Å². The molecular formula is C13H16N2O2. The average molecular weight is 232 g/mol. The number of aryl methyl sites for hydroxylation is 2. The summed E-state index contributed by atoms with van der Waals surface area (Å²) >= 11 is 0. The summed E-state index contributed by atoms with van der Waals surface area (Å²) < 4.78 is 10.4. The second-order valence-electron chi connectivity index (χ2n) is 4.15. The molecule has 1 aromatic carbocycles. The zero-order chi connectivity index (χ0) is 12.6. The van der Waals surface area contributed by atoms with E-state index in [2.05, 4.69) is 18.1 Å². The Balaban J connectivity index is 2.77. The number of nitrogen functional groups attached to an aromatic ring is 1. The number of hydrogen-bond acceptors (Lipinski definition) is 4. The number of methoxy groups -OCH3 is 1. The van der Waals surface area contributed by atoms with Gasteiger partial charge in [-0.2, -0.15) is 0 Å². The van der Waals surface area contributed by atoms with Gasteiger partial charge in [-0.05, 0) is 37.5 Å². The highest BCUT2D eigenvalue weighted by Gasteiger charge is 2.18. The predicted molar refractivity (Wildman–Crippen MR) is 67.1 cm³/mol. The van der Waals surface area contributed by atoms with Crippen LogP contribution in [0.25, 0.3) is 11.1 Å². The molecule has 0 aliphatic carbocycles. The molecule has 0 bridgehead atoms. The van der Waals surface area contributed by atoms with Crippen LogP contribution in [0.15, 0.2) is 16.8 Å². The van der Waals surface area contributed by atoms with Crippen molar-refractivity contribution in [1.82, 2.24) is 5.16 Å². The standard InChI is InChI=1S/C13H16N2O2/c1-7-5-8(2)11(12(16-4)9(7)3)10-6-15-17-13(10)14/h5-6H,14H2,1-4H3. The van der Waals surface area contributed by atoms with Gasteiger partial charge in [0.2, 0.25) is 5.88 Å². The lowest BCUT2D eigenvalue weighted by molar-refractivity contribution is 0.412. The molecule has 0 atom stereocenters. The van der Waals surface area contributed by atoms with Crippen molar-refractivity contribution in [2.24, 2.45) is 0 Å². The average Bonchev–Trinajstić information content (AvgIpc) is 2.69. The first-order valence-corrected chi connectivity index (χ1v) is 5.41. The van der Waals surface area contributed by atoms with Gasteiger partial charge >= 0.3 is 0 Å². The molecule has 2 N–H and O–H groups in total. The zero-order valence-corrected chi connectivity index (χ0v) is 10.5. The summed E-state index contributed by atoms with van der Waals surface area (Å²) in [7, 11) is 1.66. The lowest BCUT2D eigenvalue weighted by Gasteiger charge is -2.15. The second kappa shape index (κ2) is 4.13. The van der Waals surface area contributed by atoms with Gasteiger partial charge in [-0.3, -0.25) is 0 Å². The smallest absolute Gasteiger partial charge is 0.230 e. The number of nitrogens with two attached hydrogens (primary N) is 1. The largest absolute Gasteiger partial charge is 0.496 e. The molecule has 4 heteroatoms. The molecule has 0 saturated heterocycles. The zero-order valence-electron chi connectivity index (χ0n) is 10.5. The van der Waals surface area contributed by atoms with E-state index in [9.17, 15) is 0 Å². The third-order valence-electron chi connectivity index (χ3n) is 3.06. The highest BCUT2D eigenvalue weighted by atomic mass is 16.5. The molecule has 0 radical (unpaired) electrons. The molecule has 2 rings (SSSR count). The maximum absolute atomic E-state index is 5.77. The van der Waals surface area contributed by atoms with E-state index in [-0.39, 0.29) is 0 Å². The number of ether oxygens (including phenoxy) is 1. The van der Waals surface area contributed by atoms with Crippen LogP contribution in [0.5, 0.6) is 5.75 Å². The number of benzene rings is 1. The summed E-state index contributed by atoms with van der Waals surface area (Å²) in [5.41, 5.74) is 10.9. The maximum atomic E-state index is 5.77. The van der Waals surface area contributed by atoms with Crippen LogP contribution in [-0.2, 0) is 0 Å². The number of nitrogens with zero attached hydrogens (tertiary/aromatic N) is 1. The number of aromatic nitrogens is 1. The first-order valence-electron chi connectivity index (χ1n) is 5.41. The summed E-state index contributed by atoms with van der Waals surface area (Å²) in [5, 5.41) is 3.71. The van der Waals surface area contributed by atoms with Gasteiger partial charge in [0, 0.05) is 5.56 Å². The van der Waals surface area contributed by atoms with Crippen molar-refractivity contribution in [3.8, 4) is 16.9 Å². The minimum atomic E-state index is 0.314. The lowest BCUT2D eigenvalue weighted by atomic mass is 9.95. The van der Waals surface area contributed by atoms with Crippen LogP contribution >= 0.6 is 0 Å². The highest BCUT2D eigenvalue weighted by molar-refractivity contribution is 5.81. The molecular weight excluding hydrogens is 216 g/mol. The molecule has 0 aliphatic heterocycles. The lowest BCUT2D eigenvalue weighted by Crippen LogP contribution is -1.97. The molecule has 4 nitrogen and oxygen atoms in total. The minimum Gasteiger partial charge on any atom is -0.496 e. The number of rotatable bonds is 2. The van der Waals surface area contributed by atoms with Crippen molar-refractivity contribution in [3.63, 3.8) is 0 Å². The van der Waals surface area contributed by atoms with E-state index in [1.165, 1.54) is 5.56 Å². The van der Waals surface area contributed by atoms with Crippen molar-refractivity contribution in [3.05, 3.63) is 29.0 Å². The summed E-state index contributed by atoms with van der Waals surface area (Å²) in [5.74, 6) is 1.15. The van der Waals surface area contributed by atoms with Gasteiger partial charge in [0.05, 0.1) is 18.9 Å². The topological polar surface area (TPSA) is 61.3 Å². The normalized spacial score (nSPS) is 10.6. The SMILES string of the molecule is COc1c(C)c(C)cc(C)c1-c1cnoc1N. The molecule has 1 aromatic heterocycles. The van der Waals surface area contributed by atoms with Crippen LogP contribution in [0.1, 0.15) is 16.7 Å². The summed E-state index contributed by atoms with van der Waals surface area (Å²) in [4.78, 5) is 0. The van der Waals surface area contributed by atoms with Crippen LogP contribution in [0.2, 0.25) is 0 Å². The molecule has 0 fully saturated rings. The van der Waals surface area contributed by atoms with E-state index < -0.39 is 0 Å². The van der Waals surface area contributed by atoms with Crippen molar-refractivity contribution in [1.29, 1.82) is 0 Å². The van der Waals surface area contributed by atoms with Crippen LogP contribution in [0.4, 0.5) is 5.88 Å². The van der Waals surface area contributed by atoms with E-state index in [0.717, 1.165) is 28.0 Å². The van der Waals surface area contributed by atoms with E-state index in [1.807, 2.05) is 13.8 Å². The molecule has 90 valence electrons. The first kappa shape index (κ1) is 11.5. The number of hydrogen-bond donors (Lipinski definition) is 1. The van der Waals surface area contributed by atoms with E-state index in [0.29, 0.717) is 5.88 Å². The Kier molecular flexibility index (Phi) is 2.79. The molecule has 0 amide bonds. The van der Waals surface area contributed by atoms with Gasteiger partial charge in [0.1, 0.15) is 5.75 Å².